The van der Waals surface area contributed by atoms with Crippen LogP contribution in [-0.4, -0.2) is 17.6 Å². The lowest BCUT2D eigenvalue weighted by molar-refractivity contribution is 0.0519. The highest BCUT2D eigenvalue weighted by atomic mass is 16.5. The molecule has 0 saturated heterocycles. The Hall–Kier alpha value is -1.38. The molecule has 1 aromatic rings. The zero-order valence-corrected chi connectivity index (χ0v) is 10.5. The quantitative estimate of drug-likeness (QED) is 0.734. The third-order valence-corrected chi connectivity index (χ3v) is 2.64. The summed E-state index contributed by atoms with van der Waals surface area (Å²) in [4.78, 5) is 15.9. The number of pyridine rings is 1. The third kappa shape index (κ3) is 2.60. The van der Waals surface area contributed by atoms with Crippen LogP contribution >= 0.6 is 0 Å². The Morgan fingerprint density at radius 1 is 1.31 bits per heavy atom. The van der Waals surface area contributed by atoms with E-state index in [0.717, 1.165) is 18.5 Å². The van der Waals surface area contributed by atoms with Crippen molar-refractivity contribution in [2.45, 2.75) is 40.5 Å². The van der Waals surface area contributed by atoms with E-state index in [4.69, 9.17) is 4.74 Å². The predicted octanol–water partition coefficient (Wildman–Crippen LogP) is 2.69. The van der Waals surface area contributed by atoms with E-state index in [2.05, 4.69) is 18.8 Å². The van der Waals surface area contributed by atoms with Crippen molar-refractivity contribution >= 4 is 5.97 Å². The van der Waals surface area contributed by atoms with Crippen molar-refractivity contribution in [3.63, 3.8) is 0 Å². The van der Waals surface area contributed by atoms with Crippen LogP contribution in [-0.2, 0) is 17.6 Å². The summed E-state index contributed by atoms with van der Waals surface area (Å²) >= 11 is 0. The van der Waals surface area contributed by atoms with Gasteiger partial charge < -0.3 is 4.74 Å². The van der Waals surface area contributed by atoms with Gasteiger partial charge in [-0.1, -0.05) is 13.8 Å². The van der Waals surface area contributed by atoms with Gasteiger partial charge in [0.05, 0.1) is 6.61 Å². The van der Waals surface area contributed by atoms with Crippen LogP contribution < -0.4 is 0 Å². The van der Waals surface area contributed by atoms with Crippen LogP contribution in [0.3, 0.4) is 0 Å². The normalized spacial score (nSPS) is 10.2. The fourth-order valence-corrected chi connectivity index (χ4v) is 1.87. The van der Waals surface area contributed by atoms with Gasteiger partial charge >= 0.3 is 5.97 Å². The predicted molar refractivity (Wildman–Crippen MR) is 63.7 cm³/mol. The largest absolute Gasteiger partial charge is 0.461 e. The summed E-state index contributed by atoms with van der Waals surface area (Å²) < 4.78 is 4.95. The molecule has 0 unspecified atom stereocenters. The molecule has 0 amide bonds. The molecule has 88 valence electrons. The van der Waals surface area contributed by atoms with E-state index in [9.17, 15) is 4.79 Å². The smallest absolute Gasteiger partial charge is 0.356 e. The Morgan fingerprint density at radius 3 is 2.50 bits per heavy atom. The van der Waals surface area contributed by atoms with E-state index in [0.29, 0.717) is 12.3 Å². The maximum Gasteiger partial charge on any atom is 0.356 e. The molecular weight excluding hydrogens is 202 g/mol. The lowest BCUT2D eigenvalue weighted by atomic mass is 10.0. The second kappa shape index (κ2) is 5.64. The van der Waals surface area contributed by atoms with Crippen LogP contribution in [0.2, 0.25) is 0 Å². The second-order valence-corrected chi connectivity index (χ2v) is 3.66. The van der Waals surface area contributed by atoms with Crippen molar-refractivity contribution in [3.05, 3.63) is 28.6 Å². The van der Waals surface area contributed by atoms with E-state index in [-0.39, 0.29) is 5.97 Å². The van der Waals surface area contributed by atoms with Gasteiger partial charge in [0.15, 0.2) is 0 Å². The van der Waals surface area contributed by atoms with Crippen molar-refractivity contribution in [2.24, 2.45) is 0 Å². The molecule has 0 aliphatic rings. The van der Waals surface area contributed by atoms with Crippen molar-refractivity contribution in [2.75, 3.05) is 6.61 Å². The summed E-state index contributed by atoms with van der Waals surface area (Å²) in [6.45, 7) is 8.32. The molecule has 0 fully saturated rings. The number of carbonyl (C=O) groups excluding carboxylic acids is 1. The van der Waals surface area contributed by atoms with E-state index in [1.54, 1.807) is 6.92 Å². The highest BCUT2D eigenvalue weighted by molar-refractivity contribution is 5.87. The average Bonchev–Trinajstić information content (AvgIpc) is 2.28. The Morgan fingerprint density at radius 2 is 2.00 bits per heavy atom. The first-order chi connectivity index (χ1) is 7.63. The van der Waals surface area contributed by atoms with Crippen LogP contribution in [0.15, 0.2) is 6.07 Å². The highest BCUT2D eigenvalue weighted by Crippen LogP contribution is 2.16. The van der Waals surface area contributed by atoms with E-state index in [1.807, 2.05) is 13.0 Å². The number of carbonyl (C=O) groups is 1. The Balaban J connectivity index is 3.15. The molecule has 1 aromatic heterocycles. The molecule has 0 bridgehead atoms. The summed E-state index contributed by atoms with van der Waals surface area (Å²) in [5, 5.41) is 0. The number of hydrogen-bond acceptors (Lipinski definition) is 3. The van der Waals surface area contributed by atoms with Gasteiger partial charge in [-0.25, -0.2) is 9.78 Å². The van der Waals surface area contributed by atoms with Gasteiger partial charge in [-0.2, -0.15) is 0 Å². The average molecular weight is 221 g/mol. The number of aryl methyl sites for hydroxylation is 2. The third-order valence-electron chi connectivity index (χ3n) is 2.64. The van der Waals surface area contributed by atoms with Gasteiger partial charge in [-0.15, -0.1) is 0 Å². The molecule has 0 N–H and O–H groups in total. The molecule has 16 heavy (non-hydrogen) atoms. The van der Waals surface area contributed by atoms with Gasteiger partial charge in [-0.05, 0) is 43.9 Å². The van der Waals surface area contributed by atoms with Crippen LogP contribution in [0, 0.1) is 6.92 Å². The number of nitrogens with zero attached hydrogens (tertiary/aromatic N) is 1. The first kappa shape index (κ1) is 12.7. The molecule has 3 nitrogen and oxygen atoms in total. The molecule has 1 rings (SSSR count). The summed E-state index contributed by atoms with van der Waals surface area (Å²) in [6, 6.07) is 1.85. The maximum atomic E-state index is 11.6. The van der Waals surface area contributed by atoms with Crippen molar-refractivity contribution in [1.29, 1.82) is 0 Å². The summed E-state index contributed by atoms with van der Waals surface area (Å²) in [7, 11) is 0. The van der Waals surface area contributed by atoms with E-state index < -0.39 is 0 Å². The molecule has 0 saturated carbocycles. The van der Waals surface area contributed by atoms with Gasteiger partial charge in [0, 0.05) is 5.69 Å². The van der Waals surface area contributed by atoms with E-state index in [1.165, 1.54) is 11.1 Å². The lowest BCUT2D eigenvalue weighted by Crippen LogP contribution is -2.10. The standard InChI is InChI=1S/C13H19NO2/c1-5-10-8-12(13(15)16-7-3)14-9(4)11(10)6-2/h8H,5-7H2,1-4H3. The minimum atomic E-state index is -0.331. The van der Waals surface area contributed by atoms with Gasteiger partial charge in [-0.3, -0.25) is 0 Å². The second-order valence-electron chi connectivity index (χ2n) is 3.66. The van der Waals surface area contributed by atoms with Crippen molar-refractivity contribution < 1.29 is 9.53 Å². The summed E-state index contributed by atoms with van der Waals surface area (Å²) in [5.74, 6) is -0.331. The van der Waals surface area contributed by atoms with Crippen LogP contribution in [0.25, 0.3) is 0 Å². The number of rotatable bonds is 4. The minimum Gasteiger partial charge on any atom is -0.461 e. The number of hydrogen-bond donors (Lipinski definition) is 0. The first-order valence-corrected chi connectivity index (χ1v) is 5.80. The zero-order valence-electron chi connectivity index (χ0n) is 10.5. The lowest BCUT2D eigenvalue weighted by Gasteiger charge is -2.11. The zero-order chi connectivity index (χ0) is 12.1. The SMILES string of the molecule is CCOC(=O)c1cc(CC)c(CC)c(C)n1. The minimum absolute atomic E-state index is 0.331. The summed E-state index contributed by atoms with van der Waals surface area (Å²) in [6.07, 6.45) is 1.87. The van der Waals surface area contributed by atoms with Crippen molar-refractivity contribution in [1.82, 2.24) is 4.98 Å². The molecular formula is C13H19NO2. The molecule has 0 aliphatic carbocycles. The Kier molecular flexibility index (Phi) is 4.47. The Labute approximate surface area is 96.8 Å². The maximum absolute atomic E-state index is 11.6. The van der Waals surface area contributed by atoms with Gasteiger partial charge in [0.25, 0.3) is 0 Å². The molecule has 1 heterocycles. The molecule has 0 atom stereocenters. The molecule has 0 radical (unpaired) electrons. The molecule has 0 spiro atoms. The Bertz CT molecular complexity index is 386. The number of ether oxygens (including phenoxy) is 1. The van der Waals surface area contributed by atoms with Crippen molar-refractivity contribution in [3.8, 4) is 0 Å². The molecule has 0 aromatic carbocycles. The topological polar surface area (TPSA) is 39.2 Å². The number of aromatic nitrogens is 1. The van der Waals surface area contributed by atoms with Crippen LogP contribution in [0.4, 0.5) is 0 Å². The highest BCUT2D eigenvalue weighted by Gasteiger charge is 2.13. The molecule has 0 aliphatic heterocycles. The van der Waals surface area contributed by atoms with Crippen LogP contribution in [0.5, 0.6) is 0 Å². The first-order valence-electron chi connectivity index (χ1n) is 5.80. The van der Waals surface area contributed by atoms with E-state index >= 15 is 0 Å². The number of esters is 1. The van der Waals surface area contributed by atoms with Crippen LogP contribution in [0.1, 0.15) is 48.1 Å². The van der Waals surface area contributed by atoms with Gasteiger partial charge in [0.2, 0.25) is 0 Å². The fraction of sp³-hybridized carbons (Fsp3) is 0.538. The monoisotopic (exact) mass is 221 g/mol. The molecule has 3 heteroatoms. The summed E-state index contributed by atoms with van der Waals surface area (Å²) in [5.41, 5.74) is 3.80. The fourth-order valence-electron chi connectivity index (χ4n) is 1.87. The van der Waals surface area contributed by atoms with Gasteiger partial charge in [0.1, 0.15) is 5.69 Å².